The van der Waals surface area contributed by atoms with Crippen molar-refractivity contribution < 1.29 is 9.47 Å². The second kappa shape index (κ2) is 7.03. The summed E-state index contributed by atoms with van der Waals surface area (Å²) in [4.78, 5) is 1.35. The van der Waals surface area contributed by atoms with Gasteiger partial charge in [-0.2, -0.15) is 0 Å². The standard InChI is InChI=1S/C14H17NO2S/c15-13-5-1-2-6-14(13)17-10-9-16-8-7-12-4-3-11-18-12/h1-6,11H,7-10,15H2. The minimum absolute atomic E-state index is 0.526. The van der Waals surface area contributed by atoms with Crippen LogP contribution in [0.15, 0.2) is 41.8 Å². The zero-order valence-electron chi connectivity index (χ0n) is 10.2. The van der Waals surface area contributed by atoms with E-state index in [9.17, 15) is 0 Å². The number of rotatable bonds is 7. The summed E-state index contributed by atoms with van der Waals surface area (Å²) >= 11 is 1.76. The molecule has 2 rings (SSSR count). The molecule has 0 atom stereocenters. The van der Waals surface area contributed by atoms with Gasteiger partial charge in [-0.3, -0.25) is 0 Å². The number of para-hydroxylation sites is 2. The second-order valence-corrected chi connectivity index (χ2v) is 4.86. The van der Waals surface area contributed by atoms with Crippen molar-refractivity contribution in [1.29, 1.82) is 0 Å². The number of benzene rings is 1. The summed E-state index contributed by atoms with van der Waals surface area (Å²) in [5.41, 5.74) is 6.42. The van der Waals surface area contributed by atoms with Gasteiger partial charge in [0.05, 0.1) is 18.9 Å². The predicted octanol–water partition coefficient (Wildman–Crippen LogP) is 2.97. The molecular weight excluding hydrogens is 246 g/mol. The van der Waals surface area contributed by atoms with Gasteiger partial charge >= 0.3 is 0 Å². The first-order chi connectivity index (χ1) is 8.86. The molecule has 96 valence electrons. The topological polar surface area (TPSA) is 44.5 Å². The molecule has 4 heteroatoms. The number of thiophene rings is 1. The van der Waals surface area contributed by atoms with Gasteiger partial charge in [0, 0.05) is 11.3 Å². The SMILES string of the molecule is Nc1ccccc1OCCOCCc1cccs1. The summed E-state index contributed by atoms with van der Waals surface area (Å²) in [5.74, 6) is 0.722. The van der Waals surface area contributed by atoms with Crippen LogP contribution in [0.3, 0.4) is 0 Å². The molecule has 0 unspecified atom stereocenters. The number of nitrogen functional groups attached to an aromatic ring is 1. The van der Waals surface area contributed by atoms with Crippen molar-refractivity contribution in [3.05, 3.63) is 46.7 Å². The van der Waals surface area contributed by atoms with Crippen LogP contribution in [0.25, 0.3) is 0 Å². The van der Waals surface area contributed by atoms with Crippen LogP contribution in [-0.2, 0) is 11.2 Å². The Morgan fingerprint density at radius 3 is 2.67 bits per heavy atom. The van der Waals surface area contributed by atoms with Crippen LogP contribution in [-0.4, -0.2) is 19.8 Å². The van der Waals surface area contributed by atoms with E-state index in [-0.39, 0.29) is 0 Å². The third-order valence-electron chi connectivity index (χ3n) is 2.48. The second-order valence-electron chi connectivity index (χ2n) is 3.83. The number of hydrogen-bond donors (Lipinski definition) is 1. The van der Waals surface area contributed by atoms with Crippen molar-refractivity contribution in [2.45, 2.75) is 6.42 Å². The average molecular weight is 263 g/mol. The van der Waals surface area contributed by atoms with Gasteiger partial charge in [0.1, 0.15) is 12.4 Å². The zero-order valence-corrected chi connectivity index (χ0v) is 11.0. The van der Waals surface area contributed by atoms with Crippen LogP contribution in [0.5, 0.6) is 5.75 Å². The molecule has 0 aliphatic rings. The predicted molar refractivity (Wildman–Crippen MR) is 75.2 cm³/mol. The monoisotopic (exact) mass is 263 g/mol. The molecule has 2 aromatic rings. The minimum atomic E-state index is 0.526. The van der Waals surface area contributed by atoms with Crippen molar-refractivity contribution in [2.75, 3.05) is 25.6 Å². The number of anilines is 1. The zero-order chi connectivity index (χ0) is 12.6. The molecule has 1 aromatic carbocycles. The molecule has 0 amide bonds. The maximum Gasteiger partial charge on any atom is 0.142 e. The Hall–Kier alpha value is -1.52. The molecule has 3 nitrogen and oxygen atoms in total. The van der Waals surface area contributed by atoms with Crippen molar-refractivity contribution in [3.8, 4) is 5.75 Å². The van der Waals surface area contributed by atoms with Gasteiger partial charge in [-0.05, 0) is 23.6 Å². The largest absolute Gasteiger partial charge is 0.489 e. The molecule has 0 aliphatic carbocycles. The van der Waals surface area contributed by atoms with Crippen molar-refractivity contribution in [3.63, 3.8) is 0 Å². The van der Waals surface area contributed by atoms with E-state index in [1.165, 1.54) is 4.88 Å². The molecule has 0 fully saturated rings. The van der Waals surface area contributed by atoms with E-state index in [1.54, 1.807) is 11.3 Å². The molecule has 0 saturated carbocycles. The summed E-state index contributed by atoms with van der Waals surface area (Å²) in [7, 11) is 0. The Bertz CT molecular complexity index is 457. The summed E-state index contributed by atoms with van der Waals surface area (Å²) in [6.45, 7) is 1.84. The lowest BCUT2D eigenvalue weighted by molar-refractivity contribution is 0.103. The fraction of sp³-hybridized carbons (Fsp3) is 0.286. The molecule has 0 saturated heterocycles. The summed E-state index contributed by atoms with van der Waals surface area (Å²) in [6.07, 6.45) is 0.963. The first-order valence-electron chi connectivity index (χ1n) is 5.93. The molecule has 0 spiro atoms. The van der Waals surface area contributed by atoms with Crippen LogP contribution in [0.1, 0.15) is 4.88 Å². The molecule has 0 radical (unpaired) electrons. The fourth-order valence-corrected chi connectivity index (χ4v) is 2.24. The molecule has 0 bridgehead atoms. The summed E-state index contributed by atoms with van der Waals surface area (Å²) in [5, 5.41) is 2.08. The van der Waals surface area contributed by atoms with Gasteiger partial charge in [0.15, 0.2) is 0 Å². The van der Waals surface area contributed by atoms with E-state index in [4.69, 9.17) is 15.2 Å². The lowest BCUT2D eigenvalue weighted by Gasteiger charge is -2.08. The van der Waals surface area contributed by atoms with Crippen molar-refractivity contribution >= 4 is 17.0 Å². The van der Waals surface area contributed by atoms with Crippen LogP contribution in [0.4, 0.5) is 5.69 Å². The van der Waals surface area contributed by atoms with Gasteiger partial charge in [-0.1, -0.05) is 18.2 Å². The molecular formula is C14H17NO2S. The highest BCUT2D eigenvalue weighted by Gasteiger charge is 1.98. The Kier molecular flexibility index (Phi) is 5.05. The van der Waals surface area contributed by atoms with E-state index >= 15 is 0 Å². The van der Waals surface area contributed by atoms with Gasteiger partial charge < -0.3 is 15.2 Å². The molecule has 2 N–H and O–H groups in total. The number of hydrogen-bond acceptors (Lipinski definition) is 4. The van der Waals surface area contributed by atoms with Gasteiger partial charge in [-0.15, -0.1) is 11.3 Å². The van der Waals surface area contributed by atoms with Gasteiger partial charge in [0.25, 0.3) is 0 Å². The van der Waals surface area contributed by atoms with E-state index in [0.717, 1.165) is 18.8 Å². The molecule has 1 aromatic heterocycles. The molecule has 0 aliphatic heterocycles. The van der Waals surface area contributed by atoms with Gasteiger partial charge in [0.2, 0.25) is 0 Å². The van der Waals surface area contributed by atoms with Crippen LogP contribution >= 0.6 is 11.3 Å². The van der Waals surface area contributed by atoms with E-state index in [0.29, 0.717) is 18.9 Å². The first kappa shape index (κ1) is 12.9. The first-order valence-corrected chi connectivity index (χ1v) is 6.81. The molecule has 1 heterocycles. The van der Waals surface area contributed by atoms with Crippen molar-refractivity contribution in [2.24, 2.45) is 0 Å². The lowest BCUT2D eigenvalue weighted by Crippen LogP contribution is -2.09. The highest BCUT2D eigenvalue weighted by atomic mass is 32.1. The Labute approximate surface area is 111 Å². The van der Waals surface area contributed by atoms with E-state index in [2.05, 4.69) is 17.5 Å². The third kappa shape index (κ3) is 4.05. The van der Waals surface area contributed by atoms with E-state index in [1.807, 2.05) is 24.3 Å². The minimum Gasteiger partial charge on any atom is -0.489 e. The number of nitrogens with two attached hydrogens (primary N) is 1. The maximum atomic E-state index is 5.76. The Morgan fingerprint density at radius 2 is 1.89 bits per heavy atom. The average Bonchev–Trinajstić information content (AvgIpc) is 2.89. The quantitative estimate of drug-likeness (QED) is 0.617. The van der Waals surface area contributed by atoms with Crippen LogP contribution < -0.4 is 10.5 Å². The van der Waals surface area contributed by atoms with Crippen LogP contribution in [0, 0.1) is 0 Å². The Morgan fingerprint density at radius 1 is 1.00 bits per heavy atom. The van der Waals surface area contributed by atoms with E-state index < -0.39 is 0 Å². The number of ether oxygens (including phenoxy) is 2. The maximum absolute atomic E-state index is 5.76. The highest BCUT2D eigenvalue weighted by molar-refractivity contribution is 7.09. The molecule has 18 heavy (non-hydrogen) atoms. The highest BCUT2D eigenvalue weighted by Crippen LogP contribution is 2.19. The third-order valence-corrected chi connectivity index (χ3v) is 3.41. The normalized spacial score (nSPS) is 10.4. The van der Waals surface area contributed by atoms with Crippen LogP contribution in [0.2, 0.25) is 0 Å². The lowest BCUT2D eigenvalue weighted by atomic mass is 10.3. The summed E-state index contributed by atoms with van der Waals surface area (Å²) in [6, 6.07) is 11.7. The van der Waals surface area contributed by atoms with Crippen molar-refractivity contribution in [1.82, 2.24) is 0 Å². The fourth-order valence-electron chi connectivity index (χ4n) is 1.55. The Balaban J connectivity index is 1.58. The smallest absolute Gasteiger partial charge is 0.142 e. The van der Waals surface area contributed by atoms with Gasteiger partial charge in [-0.25, -0.2) is 0 Å². The summed E-state index contributed by atoms with van der Waals surface area (Å²) < 4.78 is 11.0.